The van der Waals surface area contributed by atoms with Gasteiger partial charge in [0.15, 0.2) is 11.5 Å². The standard InChI is InChI=1S/C20H23ClN10O4S/c1-11(16-22-8-13(21)9-23-16)12(2)36(32,33)29-20-27-26-17(14-6-7-30(3)28-14)31(20)15-18(34-4)24-10-25-19(15)35-5/h6-12H,1-5H3,(H,27,29)/t11-,12-/m1/s1. The molecular formula is C20H23ClN10O4S. The van der Waals surface area contributed by atoms with Crippen LogP contribution >= 0.6 is 11.6 Å². The number of anilines is 1. The Morgan fingerprint density at radius 1 is 1.03 bits per heavy atom. The van der Waals surface area contributed by atoms with Crippen LogP contribution in [-0.2, 0) is 17.1 Å². The molecular weight excluding hydrogens is 512 g/mol. The van der Waals surface area contributed by atoms with Crippen molar-refractivity contribution in [1.29, 1.82) is 0 Å². The summed E-state index contributed by atoms with van der Waals surface area (Å²) in [5.41, 5.74) is 0.604. The number of sulfonamides is 1. The van der Waals surface area contributed by atoms with Gasteiger partial charge in [-0.25, -0.2) is 23.0 Å². The maximum atomic E-state index is 13.4. The van der Waals surface area contributed by atoms with Crippen molar-refractivity contribution in [3.8, 4) is 29.0 Å². The Morgan fingerprint density at radius 2 is 1.67 bits per heavy atom. The number of hydrogen-bond acceptors (Lipinski definition) is 11. The van der Waals surface area contributed by atoms with E-state index >= 15 is 0 Å². The molecule has 0 aliphatic carbocycles. The van der Waals surface area contributed by atoms with Gasteiger partial charge in [-0.3, -0.25) is 9.40 Å². The van der Waals surface area contributed by atoms with Gasteiger partial charge in [0.25, 0.3) is 0 Å². The Bertz CT molecular complexity index is 1450. The normalized spacial score (nSPS) is 13.3. The number of methoxy groups -OCH3 is 2. The van der Waals surface area contributed by atoms with Gasteiger partial charge >= 0.3 is 0 Å². The van der Waals surface area contributed by atoms with E-state index in [1.54, 1.807) is 30.9 Å². The summed E-state index contributed by atoms with van der Waals surface area (Å²) in [6, 6.07) is 1.70. The van der Waals surface area contributed by atoms with Gasteiger partial charge in [0.2, 0.25) is 27.7 Å². The Hall–Kier alpha value is -3.85. The molecule has 0 saturated heterocycles. The number of halogens is 1. The summed E-state index contributed by atoms with van der Waals surface area (Å²) in [5.74, 6) is 0.0355. The fourth-order valence-electron chi connectivity index (χ4n) is 3.36. The molecule has 1 N–H and O–H groups in total. The van der Waals surface area contributed by atoms with Crippen LogP contribution in [0.5, 0.6) is 11.8 Å². The predicted molar refractivity (Wildman–Crippen MR) is 130 cm³/mol. The van der Waals surface area contributed by atoms with Crippen LogP contribution in [0, 0.1) is 0 Å². The van der Waals surface area contributed by atoms with Crippen LogP contribution < -0.4 is 14.2 Å². The summed E-state index contributed by atoms with van der Waals surface area (Å²) < 4.78 is 43.2. The zero-order chi connectivity index (χ0) is 26.0. The van der Waals surface area contributed by atoms with E-state index in [-0.39, 0.29) is 29.2 Å². The largest absolute Gasteiger partial charge is 0.479 e. The SMILES string of the molecule is COc1ncnc(OC)c1-n1c(NS(=O)(=O)[C@H](C)[C@@H](C)c2ncc(Cl)cn2)nnc1-c1ccn(C)n1. The van der Waals surface area contributed by atoms with E-state index in [0.717, 1.165) is 0 Å². The van der Waals surface area contributed by atoms with Crippen molar-refractivity contribution in [3.63, 3.8) is 0 Å². The van der Waals surface area contributed by atoms with Crippen LogP contribution in [0.1, 0.15) is 25.6 Å². The molecule has 0 radical (unpaired) electrons. The zero-order valence-electron chi connectivity index (χ0n) is 20.0. The fourth-order valence-corrected chi connectivity index (χ4v) is 4.69. The topological polar surface area (TPSA) is 165 Å². The summed E-state index contributed by atoms with van der Waals surface area (Å²) >= 11 is 5.86. The average Bonchev–Trinajstić information content (AvgIpc) is 3.48. The van der Waals surface area contributed by atoms with Crippen LogP contribution in [0.3, 0.4) is 0 Å². The van der Waals surface area contributed by atoms with Gasteiger partial charge in [-0.2, -0.15) is 15.1 Å². The van der Waals surface area contributed by atoms with Gasteiger partial charge < -0.3 is 9.47 Å². The Balaban J connectivity index is 1.81. The summed E-state index contributed by atoms with van der Waals surface area (Å²) in [7, 11) is 0.525. The second kappa shape index (κ2) is 10.0. The molecule has 4 rings (SSSR count). The van der Waals surface area contributed by atoms with E-state index in [2.05, 4.69) is 40.0 Å². The minimum atomic E-state index is -4.04. The van der Waals surface area contributed by atoms with Crippen molar-refractivity contribution in [1.82, 2.24) is 44.5 Å². The maximum absolute atomic E-state index is 13.4. The van der Waals surface area contributed by atoms with E-state index < -0.39 is 21.2 Å². The molecule has 36 heavy (non-hydrogen) atoms. The lowest BCUT2D eigenvalue weighted by atomic mass is 10.1. The van der Waals surface area contributed by atoms with Gasteiger partial charge in [-0.1, -0.05) is 18.5 Å². The molecule has 0 aliphatic heterocycles. The first-order chi connectivity index (χ1) is 17.2. The minimum Gasteiger partial charge on any atom is -0.479 e. The molecule has 0 unspecified atom stereocenters. The maximum Gasteiger partial charge on any atom is 0.245 e. The lowest BCUT2D eigenvalue weighted by Crippen LogP contribution is -2.31. The molecule has 2 atom stereocenters. The van der Waals surface area contributed by atoms with E-state index in [0.29, 0.717) is 16.5 Å². The number of aryl methyl sites for hydroxylation is 1. The van der Waals surface area contributed by atoms with E-state index in [1.165, 1.54) is 44.4 Å². The lowest BCUT2D eigenvalue weighted by Gasteiger charge is -2.20. The zero-order valence-corrected chi connectivity index (χ0v) is 21.6. The third kappa shape index (κ3) is 4.79. The van der Waals surface area contributed by atoms with Crippen LogP contribution in [0.4, 0.5) is 5.95 Å². The highest BCUT2D eigenvalue weighted by Crippen LogP contribution is 2.35. The molecule has 4 heterocycles. The first-order valence-electron chi connectivity index (χ1n) is 10.5. The molecule has 0 aliphatic rings. The van der Waals surface area contributed by atoms with Gasteiger partial charge in [0, 0.05) is 31.6 Å². The summed E-state index contributed by atoms with van der Waals surface area (Å²) in [4.78, 5) is 16.6. The van der Waals surface area contributed by atoms with Gasteiger partial charge in [-0.05, 0) is 13.0 Å². The first kappa shape index (κ1) is 25.2. The van der Waals surface area contributed by atoms with Gasteiger partial charge in [0.05, 0.1) is 24.5 Å². The summed E-state index contributed by atoms with van der Waals surface area (Å²) in [6.07, 6.45) is 5.80. The Labute approximate surface area is 211 Å². The molecule has 4 aromatic rings. The van der Waals surface area contributed by atoms with E-state index in [4.69, 9.17) is 21.1 Å². The molecule has 0 saturated carbocycles. The van der Waals surface area contributed by atoms with Crippen LogP contribution in [0.2, 0.25) is 5.02 Å². The van der Waals surface area contributed by atoms with Crippen molar-refractivity contribution in [2.75, 3.05) is 18.9 Å². The number of ether oxygens (including phenoxy) is 2. The first-order valence-corrected chi connectivity index (χ1v) is 12.5. The summed E-state index contributed by atoms with van der Waals surface area (Å²) in [5, 5.41) is 12.0. The highest BCUT2D eigenvalue weighted by Gasteiger charge is 2.33. The average molecular weight is 535 g/mol. The molecule has 16 heteroatoms. The molecule has 4 aromatic heterocycles. The van der Waals surface area contributed by atoms with Crippen LogP contribution in [0.25, 0.3) is 17.2 Å². The predicted octanol–water partition coefficient (Wildman–Crippen LogP) is 1.85. The smallest absolute Gasteiger partial charge is 0.245 e. The van der Waals surface area contributed by atoms with Crippen molar-refractivity contribution < 1.29 is 17.9 Å². The quantitative estimate of drug-likeness (QED) is 0.333. The lowest BCUT2D eigenvalue weighted by molar-refractivity contribution is 0.368. The highest BCUT2D eigenvalue weighted by atomic mass is 35.5. The highest BCUT2D eigenvalue weighted by molar-refractivity contribution is 7.93. The molecule has 0 spiro atoms. The Kier molecular flexibility index (Phi) is 7.03. The van der Waals surface area contributed by atoms with Gasteiger partial charge in [0.1, 0.15) is 17.8 Å². The molecule has 0 bridgehead atoms. The van der Waals surface area contributed by atoms with Crippen molar-refractivity contribution in [3.05, 3.63) is 41.8 Å². The number of rotatable bonds is 9. The molecule has 0 fully saturated rings. The van der Waals surface area contributed by atoms with E-state index in [1.807, 2.05) is 0 Å². The number of nitrogens with zero attached hydrogens (tertiary/aromatic N) is 9. The van der Waals surface area contributed by atoms with Crippen LogP contribution in [-0.4, -0.2) is 72.4 Å². The second-order valence-corrected chi connectivity index (χ2v) is 10.2. The third-order valence-electron chi connectivity index (χ3n) is 5.45. The van der Waals surface area contributed by atoms with Crippen molar-refractivity contribution >= 4 is 27.6 Å². The molecule has 0 amide bonds. The molecule has 14 nitrogen and oxygen atoms in total. The van der Waals surface area contributed by atoms with E-state index in [9.17, 15) is 8.42 Å². The minimum absolute atomic E-state index is 0.107. The van der Waals surface area contributed by atoms with Gasteiger partial charge in [-0.15, -0.1) is 10.2 Å². The third-order valence-corrected chi connectivity index (χ3v) is 7.50. The monoisotopic (exact) mass is 534 g/mol. The Morgan fingerprint density at radius 3 is 2.22 bits per heavy atom. The fraction of sp³-hybridized carbons (Fsp3) is 0.350. The molecule has 190 valence electrons. The summed E-state index contributed by atoms with van der Waals surface area (Å²) in [6.45, 7) is 3.24. The van der Waals surface area contributed by atoms with Crippen LogP contribution in [0.15, 0.2) is 31.0 Å². The number of aromatic nitrogens is 9. The number of hydrogen-bond donors (Lipinski definition) is 1. The molecule has 0 aromatic carbocycles. The second-order valence-electron chi connectivity index (χ2n) is 7.70. The van der Waals surface area contributed by atoms with Crippen molar-refractivity contribution in [2.24, 2.45) is 7.05 Å². The van der Waals surface area contributed by atoms with Crippen molar-refractivity contribution in [2.45, 2.75) is 25.0 Å². The number of nitrogens with one attached hydrogen (secondary N) is 1.